The van der Waals surface area contributed by atoms with Gasteiger partial charge in [0, 0.05) is 23.7 Å². The molecule has 0 spiro atoms. The van der Waals surface area contributed by atoms with Gasteiger partial charge in [0.1, 0.15) is 0 Å². The maximum Gasteiger partial charge on any atom is 0.269 e. The number of non-ortho nitro benzene ring substituents is 1. The quantitative estimate of drug-likeness (QED) is 0.496. The van der Waals surface area contributed by atoms with Crippen LogP contribution < -0.4 is 5.32 Å². The van der Waals surface area contributed by atoms with Crippen LogP contribution in [0.1, 0.15) is 11.1 Å². The summed E-state index contributed by atoms with van der Waals surface area (Å²) in [6, 6.07) is 14.4. The van der Waals surface area contributed by atoms with Crippen molar-refractivity contribution >= 4 is 29.7 Å². The molecule has 0 aliphatic carbocycles. The second-order valence-corrected chi connectivity index (χ2v) is 4.91. The lowest BCUT2D eigenvalue weighted by atomic mass is 10.1. The van der Waals surface area contributed by atoms with Crippen LogP contribution in [0.15, 0.2) is 48.5 Å². The third-order valence-electron chi connectivity index (χ3n) is 2.98. The predicted octanol–water partition coefficient (Wildman–Crippen LogP) is 4.00. The summed E-state index contributed by atoms with van der Waals surface area (Å²) < 4.78 is 0. The molecule has 0 saturated heterocycles. The molecule has 0 fully saturated rings. The van der Waals surface area contributed by atoms with Crippen LogP contribution >= 0.6 is 24.0 Å². The molecule has 0 saturated carbocycles. The number of nitrogens with zero attached hydrogens (tertiary/aromatic N) is 1. The van der Waals surface area contributed by atoms with Crippen LogP contribution in [-0.4, -0.2) is 11.5 Å². The first-order chi connectivity index (χ1) is 9.65. The fourth-order valence-corrected chi connectivity index (χ4v) is 1.98. The van der Waals surface area contributed by atoms with E-state index in [1.54, 1.807) is 12.1 Å². The van der Waals surface area contributed by atoms with Crippen molar-refractivity contribution in [3.05, 3.63) is 74.8 Å². The summed E-state index contributed by atoms with van der Waals surface area (Å²) in [6.45, 7) is 1.55. The minimum atomic E-state index is -0.391. The van der Waals surface area contributed by atoms with Gasteiger partial charge in [-0.3, -0.25) is 10.1 Å². The number of benzene rings is 2. The highest BCUT2D eigenvalue weighted by molar-refractivity contribution is 6.30. The Kier molecular flexibility index (Phi) is 7.15. The van der Waals surface area contributed by atoms with Gasteiger partial charge in [0.15, 0.2) is 0 Å². The zero-order valence-electron chi connectivity index (χ0n) is 11.3. The molecule has 0 aliphatic heterocycles. The minimum absolute atomic E-state index is 0. The Balaban J connectivity index is 0.00000220. The van der Waals surface area contributed by atoms with Gasteiger partial charge < -0.3 is 5.32 Å². The van der Waals surface area contributed by atoms with Gasteiger partial charge in [0.25, 0.3) is 5.69 Å². The first-order valence-electron chi connectivity index (χ1n) is 6.33. The molecule has 0 radical (unpaired) electrons. The Hall–Kier alpha value is -1.62. The molecule has 0 bridgehead atoms. The first kappa shape index (κ1) is 17.4. The van der Waals surface area contributed by atoms with Gasteiger partial charge in [0.2, 0.25) is 0 Å². The largest absolute Gasteiger partial charge is 0.312 e. The second-order valence-electron chi connectivity index (χ2n) is 4.48. The molecule has 2 aromatic rings. The van der Waals surface area contributed by atoms with Crippen LogP contribution in [0.25, 0.3) is 0 Å². The summed E-state index contributed by atoms with van der Waals surface area (Å²) in [5, 5.41) is 14.6. The fraction of sp³-hybridized carbons (Fsp3) is 0.200. The molecule has 2 rings (SSSR count). The van der Waals surface area contributed by atoms with Crippen LogP contribution in [0.4, 0.5) is 5.69 Å². The molecule has 2 aromatic carbocycles. The van der Waals surface area contributed by atoms with E-state index in [9.17, 15) is 10.1 Å². The van der Waals surface area contributed by atoms with Gasteiger partial charge in [-0.2, -0.15) is 0 Å². The maximum atomic E-state index is 10.5. The van der Waals surface area contributed by atoms with E-state index < -0.39 is 4.92 Å². The van der Waals surface area contributed by atoms with Gasteiger partial charge in [-0.1, -0.05) is 35.9 Å². The Morgan fingerprint density at radius 1 is 1.00 bits per heavy atom. The van der Waals surface area contributed by atoms with Gasteiger partial charge in [-0.05, 0) is 36.2 Å². The minimum Gasteiger partial charge on any atom is -0.312 e. The molecule has 21 heavy (non-hydrogen) atoms. The number of hydrogen-bond acceptors (Lipinski definition) is 3. The summed E-state index contributed by atoms with van der Waals surface area (Å²) in [5.41, 5.74) is 2.38. The summed E-state index contributed by atoms with van der Waals surface area (Å²) >= 11 is 5.82. The maximum absolute atomic E-state index is 10.5. The molecule has 1 N–H and O–H groups in total. The van der Waals surface area contributed by atoms with E-state index in [-0.39, 0.29) is 18.1 Å². The van der Waals surface area contributed by atoms with E-state index in [2.05, 4.69) is 5.32 Å². The van der Waals surface area contributed by atoms with Crippen LogP contribution in [0.3, 0.4) is 0 Å². The normalized spacial score (nSPS) is 9.95. The Morgan fingerprint density at radius 3 is 2.14 bits per heavy atom. The monoisotopic (exact) mass is 326 g/mol. The number of rotatable bonds is 6. The van der Waals surface area contributed by atoms with Crippen LogP contribution in [0, 0.1) is 10.1 Å². The highest BCUT2D eigenvalue weighted by Crippen LogP contribution is 2.12. The zero-order chi connectivity index (χ0) is 14.4. The standard InChI is InChI=1S/C15H15ClN2O2.ClH/c16-14-5-1-12(2-6-14)9-10-17-11-13-3-7-15(8-4-13)18(19)20;/h1-8,17H,9-11H2;1H. The fourth-order valence-electron chi connectivity index (χ4n) is 1.85. The van der Waals surface area contributed by atoms with E-state index >= 15 is 0 Å². The molecular weight excluding hydrogens is 311 g/mol. The van der Waals surface area contributed by atoms with Crippen molar-refractivity contribution in [2.45, 2.75) is 13.0 Å². The van der Waals surface area contributed by atoms with Gasteiger partial charge in [-0.25, -0.2) is 0 Å². The van der Waals surface area contributed by atoms with Crippen LogP contribution in [-0.2, 0) is 13.0 Å². The lowest BCUT2D eigenvalue weighted by Gasteiger charge is -2.05. The zero-order valence-corrected chi connectivity index (χ0v) is 12.9. The molecular formula is C15H16Cl2N2O2. The number of nitrogens with one attached hydrogen (secondary N) is 1. The summed E-state index contributed by atoms with van der Waals surface area (Å²) in [6.07, 6.45) is 0.921. The second kappa shape index (κ2) is 8.62. The number of hydrogen-bond donors (Lipinski definition) is 1. The molecule has 4 nitrogen and oxygen atoms in total. The van der Waals surface area contributed by atoms with Crippen molar-refractivity contribution in [3.63, 3.8) is 0 Å². The molecule has 0 amide bonds. The predicted molar refractivity (Wildman–Crippen MR) is 87.2 cm³/mol. The van der Waals surface area contributed by atoms with Crippen molar-refractivity contribution in [2.75, 3.05) is 6.54 Å². The molecule has 6 heteroatoms. The van der Waals surface area contributed by atoms with Crippen LogP contribution in [0.2, 0.25) is 5.02 Å². The van der Waals surface area contributed by atoms with Crippen molar-refractivity contribution in [3.8, 4) is 0 Å². The molecule has 0 heterocycles. The first-order valence-corrected chi connectivity index (χ1v) is 6.71. The third-order valence-corrected chi connectivity index (χ3v) is 3.23. The van der Waals surface area contributed by atoms with E-state index in [0.29, 0.717) is 6.54 Å². The number of nitro groups is 1. The topological polar surface area (TPSA) is 55.2 Å². The molecule has 0 atom stereocenters. The molecule has 112 valence electrons. The molecule has 0 aliphatic rings. The molecule has 0 aromatic heterocycles. The third kappa shape index (κ3) is 5.71. The highest BCUT2D eigenvalue weighted by Gasteiger charge is 2.03. The molecule has 0 unspecified atom stereocenters. The van der Waals surface area contributed by atoms with Crippen molar-refractivity contribution in [2.24, 2.45) is 0 Å². The average Bonchev–Trinajstić information content (AvgIpc) is 2.46. The summed E-state index contributed by atoms with van der Waals surface area (Å²) in [5.74, 6) is 0. The average molecular weight is 327 g/mol. The van der Waals surface area contributed by atoms with Crippen LogP contribution in [0.5, 0.6) is 0 Å². The Morgan fingerprint density at radius 2 is 1.57 bits per heavy atom. The van der Waals surface area contributed by atoms with E-state index in [1.165, 1.54) is 17.7 Å². The van der Waals surface area contributed by atoms with E-state index in [4.69, 9.17) is 11.6 Å². The van der Waals surface area contributed by atoms with Gasteiger partial charge in [-0.15, -0.1) is 12.4 Å². The summed E-state index contributed by atoms with van der Waals surface area (Å²) in [7, 11) is 0. The Bertz CT molecular complexity index is 571. The number of halogens is 2. The SMILES string of the molecule is Cl.O=[N+]([O-])c1ccc(CNCCc2ccc(Cl)cc2)cc1. The lowest BCUT2D eigenvalue weighted by Crippen LogP contribution is -2.16. The van der Waals surface area contributed by atoms with Gasteiger partial charge in [0.05, 0.1) is 4.92 Å². The van der Waals surface area contributed by atoms with Gasteiger partial charge >= 0.3 is 0 Å². The summed E-state index contributed by atoms with van der Waals surface area (Å²) in [4.78, 5) is 10.1. The van der Waals surface area contributed by atoms with E-state index in [0.717, 1.165) is 23.6 Å². The van der Waals surface area contributed by atoms with Crippen molar-refractivity contribution in [1.82, 2.24) is 5.32 Å². The number of nitro benzene ring substituents is 1. The lowest BCUT2D eigenvalue weighted by molar-refractivity contribution is -0.384. The smallest absolute Gasteiger partial charge is 0.269 e. The van der Waals surface area contributed by atoms with Crippen molar-refractivity contribution in [1.29, 1.82) is 0 Å². The highest BCUT2D eigenvalue weighted by atomic mass is 35.5. The van der Waals surface area contributed by atoms with E-state index in [1.807, 2.05) is 24.3 Å². The van der Waals surface area contributed by atoms with Crippen molar-refractivity contribution < 1.29 is 4.92 Å². The Labute approximate surface area is 134 Å².